The summed E-state index contributed by atoms with van der Waals surface area (Å²) in [5.41, 5.74) is 15.1. The van der Waals surface area contributed by atoms with Gasteiger partial charge in [0.15, 0.2) is 23.0 Å². The third-order valence-electron chi connectivity index (χ3n) is 3.84. The number of nitrogens with two attached hydrogens (primary N) is 2. The molecule has 0 saturated heterocycles. The van der Waals surface area contributed by atoms with Crippen LogP contribution in [-0.4, -0.2) is 28.4 Å². The Hall–Kier alpha value is -2.44. The van der Waals surface area contributed by atoms with Gasteiger partial charge in [-0.05, 0) is 35.4 Å². The molecule has 0 amide bonds. The highest BCUT2D eigenvalue weighted by atomic mass is 16.5. The summed E-state index contributed by atoms with van der Waals surface area (Å²) in [6, 6.07) is 7.63. The standard InChI is InChI=1S/C18H24N2O4.CH4/c1-21-15-7-11(9-19)5-13(17(15)23-3)14-6-12(10-20)8-16(22-2)18(14)24-4;/h5-8H,9-10,19-20H2,1-4H3;1H4. The van der Waals surface area contributed by atoms with Crippen molar-refractivity contribution in [3.63, 3.8) is 0 Å². The molecule has 25 heavy (non-hydrogen) atoms. The van der Waals surface area contributed by atoms with Gasteiger partial charge in [0.2, 0.25) is 0 Å². The molecular weight excluding hydrogens is 320 g/mol. The molecular formula is C19H28N2O4. The van der Waals surface area contributed by atoms with Crippen LogP contribution in [0.2, 0.25) is 0 Å². The number of hydrogen-bond donors (Lipinski definition) is 2. The van der Waals surface area contributed by atoms with Gasteiger partial charge in [-0.15, -0.1) is 0 Å². The van der Waals surface area contributed by atoms with E-state index in [4.69, 9.17) is 30.4 Å². The second kappa shape index (κ2) is 9.15. The lowest BCUT2D eigenvalue weighted by atomic mass is 9.97. The molecule has 2 aromatic rings. The fourth-order valence-electron chi connectivity index (χ4n) is 2.68. The van der Waals surface area contributed by atoms with E-state index in [1.54, 1.807) is 28.4 Å². The summed E-state index contributed by atoms with van der Waals surface area (Å²) in [4.78, 5) is 0. The van der Waals surface area contributed by atoms with Crippen molar-refractivity contribution >= 4 is 0 Å². The summed E-state index contributed by atoms with van der Waals surface area (Å²) >= 11 is 0. The first-order chi connectivity index (χ1) is 11.6. The quantitative estimate of drug-likeness (QED) is 0.800. The Morgan fingerprint density at radius 2 is 1.00 bits per heavy atom. The van der Waals surface area contributed by atoms with Gasteiger partial charge in [-0.3, -0.25) is 0 Å². The summed E-state index contributed by atoms with van der Waals surface area (Å²) in [5, 5.41) is 0. The fourth-order valence-corrected chi connectivity index (χ4v) is 2.68. The highest BCUT2D eigenvalue weighted by molar-refractivity contribution is 5.81. The molecule has 4 N–H and O–H groups in total. The maximum absolute atomic E-state index is 5.82. The van der Waals surface area contributed by atoms with Gasteiger partial charge >= 0.3 is 0 Å². The van der Waals surface area contributed by atoms with Gasteiger partial charge in [0.1, 0.15) is 0 Å². The van der Waals surface area contributed by atoms with Crippen molar-refractivity contribution in [3.05, 3.63) is 35.4 Å². The maximum Gasteiger partial charge on any atom is 0.168 e. The minimum absolute atomic E-state index is 0. The molecule has 6 heteroatoms. The third-order valence-corrected chi connectivity index (χ3v) is 3.84. The van der Waals surface area contributed by atoms with E-state index in [2.05, 4.69) is 0 Å². The van der Waals surface area contributed by atoms with Crippen LogP contribution in [0.4, 0.5) is 0 Å². The summed E-state index contributed by atoms with van der Waals surface area (Å²) < 4.78 is 22.0. The average molecular weight is 348 g/mol. The lowest BCUT2D eigenvalue weighted by Crippen LogP contribution is -2.03. The largest absolute Gasteiger partial charge is 0.493 e. The number of benzene rings is 2. The van der Waals surface area contributed by atoms with Gasteiger partial charge in [0.05, 0.1) is 28.4 Å². The van der Waals surface area contributed by atoms with E-state index >= 15 is 0 Å². The van der Waals surface area contributed by atoms with Crippen molar-refractivity contribution in [1.29, 1.82) is 0 Å². The highest BCUT2D eigenvalue weighted by Crippen LogP contribution is 2.46. The summed E-state index contributed by atoms with van der Waals surface area (Å²) in [6.07, 6.45) is 0. The van der Waals surface area contributed by atoms with E-state index in [0.29, 0.717) is 36.1 Å². The number of methoxy groups -OCH3 is 4. The second-order valence-corrected chi connectivity index (χ2v) is 5.17. The molecule has 0 bridgehead atoms. The molecule has 0 spiro atoms. The molecule has 0 aromatic heterocycles. The van der Waals surface area contributed by atoms with E-state index in [9.17, 15) is 0 Å². The zero-order valence-electron chi connectivity index (χ0n) is 14.5. The Bertz CT molecular complexity index is 656. The van der Waals surface area contributed by atoms with E-state index in [0.717, 1.165) is 22.3 Å². The van der Waals surface area contributed by atoms with Crippen LogP contribution in [-0.2, 0) is 13.1 Å². The molecule has 2 aromatic carbocycles. The van der Waals surface area contributed by atoms with Crippen LogP contribution < -0.4 is 30.4 Å². The minimum Gasteiger partial charge on any atom is -0.493 e. The first kappa shape index (κ1) is 20.6. The molecule has 138 valence electrons. The summed E-state index contributed by atoms with van der Waals surface area (Å²) in [5.74, 6) is 2.41. The number of rotatable bonds is 7. The predicted octanol–water partition coefficient (Wildman–Crippen LogP) is 2.94. The van der Waals surface area contributed by atoms with Gasteiger partial charge in [0.25, 0.3) is 0 Å². The molecule has 2 rings (SSSR count). The SMILES string of the molecule is C.COc1cc(CN)cc(-c2cc(CN)cc(OC)c2OC)c1OC. The lowest BCUT2D eigenvalue weighted by Gasteiger charge is -2.19. The monoisotopic (exact) mass is 348 g/mol. The van der Waals surface area contributed by atoms with Gasteiger partial charge in [-0.25, -0.2) is 0 Å². The Morgan fingerprint density at radius 3 is 1.24 bits per heavy atom. The normalized spacial score (nSPS) is 10.0. The fraction of sp³-hybridized carbons (Fsp3) is 0.368. The Morgan fingerprint density at radius 1 is 0.640 bits per heavy atom. The van der Waals surface area contributed by atoms with Crippen LogP contribution in [0.25, 0.3) is 11.1 Å². The van der Waals surface area contributed by atoms with E-state index in [1.807, 2.05) is 24.3 Å². The molecule has 0 saturated carbocycles. The van der Waals surface area contributed by atoms with Crippen molar-refractivity contribution in [2.24, 2.45) is 11.5 Å². The van der Waals surface area contributed by atoms with Gasteiger partial charge in [-0.1, -0.05) is 7.43 Å². The van der Waals surface area contributed by atoms with Crippen LogP contribution in [0.1, 0.15) is 18.6 Å². The molecule has 0 aliphatic rings. The van der Waals surface area contributed by atoms with Crippen molar-refractivity contribution in [2.45, 2.75) is 20.5 Å². The number of ether oxygens (including phenoxy) is 4. The van der Waals surface area contributed by atoms with Crippen LogP contribution in [0.15, 0.2) is 24.3 Å². The molecule has 0 radical (unpaired) electrons. The average Bonchev–Trinajstić information content (AvgIpc) is 2.65. The molecule has 0 aliphatic heterocycles. The first-order valence-corrected chi connectivity index (χ1v) is 7.53. The van der Waals surface area contributed by atoms with Crippen LogP contribution >= 0.6 is 0 Å². The van der Waals surface area contributed by atoms with E-state index in [1.165, 1.54) is 0 Å². The topological polar surface area (TPSA) is 89.0 Å². The van der Waals surface area contributed by atoms with Gasteiger partial charge in [0, 0.05) is 24.2 Å². The molecule has 0 atom stereocenters. The molecule has 0 aliphatic carbocycles. The zero-order chi connectivity index (χ0) is 17.7. The minimum atomic E-state index is 0. The van der Waals surface area contributed by atoms with E-state index in [-0.39, 0.29) is 7.43 Å². The van der Waals surface area contributed by atoms with Crippen molar-refractivity contribution in [1.82, 2.24) is 0 Å². The number of hydrogen-bond acceptors (Lipinski definition) is 6. The highest BCUT2D eigenvalue weighted by Gasteiger charge is 2.20. The van der Waals surface area contributed by atoms with Gasteiger partial charge < -0.3 is 30.4 Å². The van der Waals surface area contributed by atoms with Crippen molar-refractivity contribution in [3.8, 4) is 34.1 Å². The Labute approximate surface area is 149 Å². The Kier molecular flexibility index (Phi) is 7.54. The van der Waals surface area contributed by atoms with Crippen LogP contribution in [0.5, 0.6) is 23.0 Å². The smallest absolute Gasteiger partial charge is 0.168 e. The molecule has 0 fully saturated rings. The third kappa shape index (κ3) is 3.97. The zero-order valence-corrected chi connectivity index (χ0v) is 14.5. The lowest BCUT2D eigenvalue weighted by molar-refractivity contribution is 0.351. The first-order valence-electron chi connectivity index (χ1n) is 7.53. The summed E-state index contributed by atoms with van der Waals surface area (Å²) in [7, 11) is 6.38. The van der Waals surface area contributed by atoms with Crippen molar-refractivity contribution < 1.29 is 18.9 Å². The molecule has 0 unspecified atom stereocenters. The molecule has 6 nitrogen and oxygen atoms in total. The summed E-state index contributed by atoms with van der Waals surface area (Å²) in [6.45, 7) is 0.757. The van der Waals surface area contributed by atoms with Crippen LogP contribution in [0.3, 0.4) is 0 Å². The predicted molar refractivity (Wildman–Crippen MR) is 101 cm³/mol. The van der Waals surface area contributed by atoms with Crippen molar-refractivity contribution in [2.75, 3.05) is 28.4 Å². The maximum atomic E-state index is 5.82. The second-order valence-electron chi connectivity index (χ2n) is 5.17. The Balaban J connectivity index is 0.00000312. The van der Waals surface area contributed by atoms with Gasteiger partial charge in [-0.2, -0.15) is 0 Å². The molecule has 0 heterocycles. The van der Waals surface area contributed by atoms with E-state index < -0.39 is 0 Å². The van der Waals surface area contributed by atoms with Crippen LogP contribution in [0, 0.1) is 0 Å².